The molecular weight excluding hydrogens is 283 g/mol. The van der Waals surface area contributed by atoms with Crippen molar-refractivity contribution in [3.63, 3.8) is 0 Å². The lowest BCUT2D eigenvalue weighted by molar-refractivity contribution is 0.415. The predicted octanol–water partition coefficient (Wildman–Crippen LogP) is 4.33. The van der Waals surface area contributed by atoms with Crippen LogP contribution in [0.5, 0.6) is 5.75 Å². The van der Waals surface area contributed by atoms with Gasteiger partial charge in [-0.25, -0.2) is 9.97 Å². The summed E-state index contributed by atoms with van der Waals surface area (Å²) in [7, 11) is 1.59. The third kappa shape index (κ3) is 2.82. The second kappa shape index (κ2) is 5.76. The lowest BCUT2D eigenvalue weighted by Crippen LogP contribution is -1.99. The fourth-order valence-corrected chi connectivity index (χ4v) is 2.16. The largest absolute Gasteiger partial charge is 0.495 e. The first-order valence-corrected chi connectivity index (χ1v) is 6.69. The second-order valence-corrected chi connectivity index (χ2v) is 4.87. The van der Waals surface area contributed by atoms with Gasteiger partial charge < -0.3 is 4.74 Å². The number of rotatable bonds is 3. The molecule has 1 aromatic heterocycles. The molecule has 0 aliphatic heterocycles. The van der Waals surface area contributed by atoms with Gasteiger partial charge in [-0.3, -0.25) is 0 Å². The Morgan fingerprint density at radius 2 is 1.95 bits per heavy atom. The molecule has 0 spiro atoms. The van der Waals surface area contributed by atoms with Crippen molar-refractivity contribution in [2.45, 2.75) is 20.3 Å². The summed E-state index contributed by atoms with van der Waals surface area (Å²) in [6.07, 6.45) is 0.734. The Morgan fingerprint density at radius 3 is 2.58 bits per heavy atom. The van der Waals surface area contributed by atoms with Crippen LogP contribution >= 0.6 is 23.2 Å². The Bertz CT molecular complexity index is 615. The molecule has 3 nitrogen and oxygen atoms in total. The highest BCUT2D eigenvalue weighted by molar-refractivity contribution is 6.32. The second-order valence-electron chi connectivity index (χ2n) is 4.11. The minimum Gasteiger partial charge on any atom is -0.495 e. The molecule has 0 saturated carbocycles. The Balaban J connectivity index is 2.61. The van der Waals surface area contributed by atoms with E-state index in [0.717, 1.165) is 29.1 Å². The summed E-state index contributed by atoms with van der Waals surface area (Å²) in [5, 5.41) is 1.05. The van der Waals surface area contributed by atoms with Gasteiger partial charge >= 0.3 is 0 Å². The molecule has 0 radical (unpaired) electrons. The van der Waals surface area contributed by atoms with Crippen LogP contribution in [0.1, 0.15) is 18.3 Å². The molecule has 0 saturated heterocycles. The summed E-state index contributed by atoms with van der Waals surface area (Å²) >= 11 is 12.2. The highest BCUT2D eigenvalue weighted by Gasteiger charge is 2.12. The van der Waals surface area contributed by atoms with Crippen LogP contribution in [-0.2, 0) is 6.42 Å². The molecular formula is C14H14Cl2N2O. The van der Waals surface area contributed by atoms with Crippen molar-refractivity contribution in [1.82, 2.24) is 9.97 Å². The quantitative estimate of drug-likeness (QED) is 0.791. The summed E-state index contributed by atoms with van der Waals surface area (Å²) < 4.78 is 5.23. The molecule has 0 atom stereocenters. The molecule has 19 heavy (non-hydrogen) atoms. The van der Waals surface area contributed by atoms with Crippen LogP contribution in [0.25, 0.3) is 11.3 Å². The van der Waals surface area contributed by atoms with E-state index in [1.807, 2.05) is 26.0 Å². The number of nitrogens with zero attached hydrogens (tertiary/aromatic N) is 2. The van der Waals surface area contributed by atoms with E-state index in [1.54, 1.807) is 13.2 Å². The number of methoxy groups -OCH3 is 1. The van der Waals surface area contributed by atoms with E-state index in [0.29, 0.717) is 15.9 Å². The number of halogens is 2. The van der Waals surface area contributed by atoms with Crippen LogP contribution in [0.4, 0.5) is 0 Å². The molecule has 0 aliphatic rings. The Labute approximate surface area is 122 Å². The molecule has 0 fully saturated rings. The first-order valence-electron chi connectivity index (χ1n) is 5.93. The number of hydrogen-bond donors (Lipinski definition) is 0. The molecule has 5 heteroatoms. The molecule has 100 valence electrons. The van der Waals surface area contributed by atoms with E-state index in [1.165, 1.54) is 0 Å². The number of aryl methyl sites for hydroxylation is 1. The monoisotopic (exact) mass is 296 g/mol. The minimum absolute atomic E-state index is 0.482. The minimum atomic E-state index is 0.482. The van der Waals surface area contributed by atoms with Gasteiger partial charge in [0.05, 0.1) is 17.8 Å². The van der Waals surface area contributed by atoms with Crippen molar-refractivity contribution < 1.29 is 4.74 Å². The topological polar surface area (TPSA) is 35.0 Å². The Morgan fingerprint density at radius 1 is 1.21 bits per heavy atom. The maximum absolute atomic E-state index is 6.14. The van der Waals surface area contributed by atoms with Crippen molar-refractivity contribution in [2.75, 3.05) is 7.11 Å². The van der Waals surface area contributed by atoms with E-state index < -0.39 is 0 Å². The predicted molar refractivity (Wildman–Crippen MR) is 78.2 cm³/mol. The number of hydrogen-bond acceptors (Lipinski definition) is 3. The van der Waals surface area contributed by atoms with Crippen LogP contribution in [-0.4, -0.2) is 17.1 Å². The zero-order chi connectivity index (χ0) is 14.0. The van der Waals surface area contributed by atoms with Gasteiger partial charge in [0.1, 0.15) is 16.7 Å². The van der Waals surface area contributed by atoms with E-state index >= 15 is 0 Å². The molecule has 1 aromatic carbocycles. The van der Waals surface area contributed by atoms with Crippen LogP contribution in [0, 0.1) is 6.92 Å². The fourth-order valence-electron chi connectivity index (χ4n) is 1.78. The summed E-state index contributed by atoms with van der Waals surface area (Å²) in [4.78, 5) is 8.77. The SMILES string of the molecule is CCc1nc(Cl)c(C)c(-c2ccc(Cl)c(OC)c2)n1. The fraction of sp³-hybridized carbons (Fsp3) is 0.286. The van der Waals surface area contributed by atoms with Gasteiger partial charge in [0, 0.05) is 17.5 Å². The highest BCUT2D eigenvalue weighted by atomic mass is 35.5. The van der Waals surface area contributed by atoms with Gasteiger partial charge in [0.2, 0.25) is 0 Å². The van der Waals surface area contributed by atoms with Crippen LogP contribution in [0.2, 0.25) is 10.2 Å². The van der Waals surface area contributed by atoms with Gasteiger partial charge in [-0.15, -0.1) is 0 Å². The number of aromatic nitrogens is 2. The maximum atomic E-state index is 6.14. The normalized spacial score (nSPS) is 10.6. The van der Waals surface area contributed by atoms with Crippen molar-refractivity contribution in [2.24, 2.45) is 0 Å². The van der Waals surface area contributed by atoms with Crippen molar-refractivity contribution in [3.8, 4) is 17.0 Å². The first-order chi connectivity index (χ1) is 9.06. The summed E-state index contributed by atoms with van der Waals surface area (Å²) in [5.74, 6) is 1.34. The summed E-state index contributed by atoms with van der Waals surface area (Å²) in [6.45, 7) is 3.89. The number of ether oxygens (including phenoxy) is 1. The molecule has 0 amide bonds. The molecule has 0 aliphatic carbocycles. The first kappa shape index (κ1) is 14.1. The zero-order valence-corrected chi connectivity index (χ0v) is 12.5. The van der Waals surface area contributed by atoms with Gasteiger partial charge in [0.25, 0.3) is 0 Å². The van der Waals surface area contributed by atoms with Crippen LogP contribution in [0.3, 0.4) is 0 Å². The van der Waals surface area contributed by atoms with Gasteiger partial charge in [-0.1, -0.05) is 36.2 Å². The lowest BCUT2D eigenvalue weighted by Gasteiger charge is -2.10. The third-order valence-electron chi connectivity index (χ3n) is 2.87. The van der Waals surface area contributed by atoms with E-state index in [-0.39, 0.29) is 0 Å². The van der Waals surface area contributed by atoms with Crippen molar-refractivity contribution >= 4 is 23.2 Å². The number of benzene rings is 1. The molecule has 0 unspecified atom stereocenters. The van der Waals surface area contributed by atoms with Gasteiger partial charge in [-0.05, 0) is 19.1 Å². The average molecular weight is 297 g/mol. The smallest absolute Gasteiger partial charge is 0.138 e. The molecule has 0 bridgehead atoms. The average Bonchev–Trinajstić information content (AvgIpc) is 2.42. The summed E-state index contributed by atoms with van der Waals surface area (Å²) in [6, 6.07) is 5.54. The Kier molecular flexibility index (Phi) is 4.27. The molecule has 2 aromatic rings. The lowest BCUT2D eigenvalue weighted by atomic mass is 10.1. The third-order valence-corrected chi connectivity index (χ3v) is 3.55. The standard InChI is InChI=1S/C14H14Cl2N2O/c1-4-12-17-13(8(2)14(16)18-12)9-5-6-10(15)11(7-9)19-3/h5-7H,4H2,1-3H3. The highest BCUT2D eigenvalue weighted by Crippen LogP contribution is 2.32. The molecule has 1 heterocycles. The zero-order valence-electron chi connectivity index (χ0n) is 11.0. The molecule has 0 N–H and O–H groups in total. The van der Waals surface area contributed by atoms with Crippen molar-refractivity contribution in [1.29, 1.82) is 0 Å². The van der Waals surface area contributed by atoms with Crippen molar-refractivity contribution in [3.05, 3.63) is 39.8 Å². The maximum Gasteiger partial charge on any atom is 0.138 e. The molecule has 2 rings (SSSR count). The summed E-state index contributed by atoms with van der Waals surface area (Å²) in [5.41, 5.74) is 2.58. The van der Waals surface area contributed by atoms with Crippen LogP contribution < -0.4 is 4.74 Å². The van der Waals surface area contributed by atoms with Gasteiger partial charge in [0.15, 0.2) is 0 Å². The Hall–Kier alpha value is -1.32. The van der Waals surface area contributed by atoms with E-state index in [9.17, 15) is 0 Å². The van der Waals surface area contributed by atoms with E-state index in [2.05, 4.69) is 9.97 Å². The van der Waals surface area contributed by atoms with Gasteiger partial charge in [-0.2, -0.15) is 0 Å². The van der Waals surface area contributed by atoms with E-state index in [4.69, 9.17) is 27.9 Å². The van der Waals surface area contributed by atoms with Crippen LogP contribution in [0.15, 0.2) is 18.2 Å².